The SMILES string of the molecule is CC(C)(O)CO[C@H]1CN(CCO)C[C@@H]1c1cc2cnc(C(N)=O)cc2n1-c1ccc(C(F)(F)F)cn1. The molecule has 1 saturated heterocycles. The van der Waals surface area contributed by atoms with Crippen LogP contribution in [0.2, 0.25) is 0 Å². The lowest BCUT2D eigenvalue weighted by Gasteiger charge is -2.25. The Morgan fingerprint density at radius 3 is 2.53 bits per heavy atom. The van der Waals surface area contributed by atoms with E-state index in [0.29, 0.717) is 36.2 Å². The van der Waals surface area contributed by atoms with Crippen LogP contribution in [0.25, 0.3) is 16.7 Å². The molecule has 0 bridgehead atoms. The average Bonchev–Trinajstić information content (AvgIpc) is 3.37. The minimum atomic E-state index is -4.54. The molecule has 2 atom stereocenters. The number of β-amino-alcohol motifs (C(OH)–C–C–N with tert-alkyl or cyclic N) is 1. The number of hydrogen-bond donors (Lipinski definition) is 3. The molecular weight excluding hydrogens is 479 g/mol. The first kappa shape index (κ1) is 26.0. The number of aliphatic hydroxyl groups is 2. The zero-order chi connectivity index (χ0) is 26.3. The predicted molar refractivity (Wildman–Crippen MR) is 125 cm³/mol. The molecule has 1 fully saturated rings. The van der Waals surface area contributed by atoms with Crippen LogP contribution in [0.1, 0.15) is 41.5 Å². The van der Waals surface area contributed by atoms with Gasteiger partial charge in [-0.2, -0.15) is 13.2 Å². The van der Waals surface area contributed by atoms with Crippen molar-refractivity contribution in [1.82, 2.24) is 19.4 Å². The quantitative estimate of drug-likeness (QED) is 0.426. The number of likely N-dealkylation sites (tertiary alicyclic amines) is 1. The van der Waals surface area contributed by atoms with Gasteiger partial charge in [-0.25, -0.2) is 4.98 Å². The summed E-state index contributed by atoms with van der Waals surface area (Å²) in [5, 5.41) is 20.3. The highest BCUT2D eigenvalue weighted by atomic mass is 19.4. The molecule has 4 N–H and O–H groups in total. The van der Waals surface area contributed by atoms with E-state index < -0.39 is 23.2 Å². The number of nitrogens with two attached hydrogens (primary N) is 1. The molecular formula is C24H28F3N5O4. The summed E-state index contributed by atoms with van der Waals surface area (Å²) in [5.74, 6) is -0.808. The van der Waals surface area contributed by atoms with Gasteiger partial charge in [0.25, 0.3) is 5.91 Å². The first-order valence-electron chi connectivity index (χ1n) is 11.4. The van der Waals surface area contributed by atoms with Crippen molar-refractivity contribution in [2.24, 2.45) is 5.73 Å². The molecule has 1 amide bonds. The molecule has 3 aromatic rings. The molecule has 0 aliphatic carbocycles. The minimum absolute atomic E-state index is 0.00321. The highest BCUT2D eigenvalue weighted by Crippen LogP contribution is 2.36. The summed E-state index contributed by atoms with van der Waals surface area (Å²) in [6.07, 6.45) is -2.69. The molecule has 36 heavy (non-hydrogen) atoms. The fourth-order valence-electron chi connectivity index (χ4n) is 4.41. The van der Waals surface area contributed by atoms with Crippen LogP contribution in [-0.4, -0.2) is 80.1 Å². The molecule has 0 aromatic carbocycles. The van der Waals surface area contributed by atoms with Crippen LogP contribution in [0.15, 0.2) is 36.7 Å². The molecule has 0 saturated carbocycles. The Morgan fingerprint density at radius 2 is 1.94 bits per heavy atom. The molecule has 0 spiro atoms. The lowest BCUT2D eigenvalue weighted by atomic mass is 10.0. The largest absolute Gasteiger partial charge is 0.417 e. The minimum Gasteiger partial charge on any atom is -0.395 e. The maximum absolute atomic E-state index is 13.2. The fraction of sp³-hybridized carbons (Fsp3) is 0.458. The van der Waals surface area contributed by atoms with E-state index in [1.54, 1.807) is 18.4 Å². The van der Waals surface area contributed by atoms with E-state index in [1.807, 2.05) is 11.0 Å². The number of pyridine rings is 2. The Morgan fingerprint density at radius 1 is 1.19 bits per heavy atom. The molecule has 194 valence electrons. The Kier molecular flexibility index (Phi) is 7.06. The van der Waals surface area contributed by atoms with E-state index in [9.17, 15) is 28.2 Å². The highest BCUT2D eigenvalue weighted by Gasteiger charge is 2.38. The van der Waals surface area contributed by atoms with Crippen LogP contribution in [0.5, 0.6) is 0 Å². The molecule has 1 aliphatic rings. The molecule has 1 aliphatic heterocycles. The van der Waals surface area contributed by atoms with Crippen LogP contribution < -0.4 is 5.73 Å². The fourth-order valence-corrected chi connectivity index (χ4v) is 4.41. The van der Waals surface area contributed by atoms with Crippen LogP contribution in [-0.2, 0) is 10.9 Å². The standard InChI is InChI=1S/C24H28F3N5O4/c1-23(2,35)13-36-20-12-31(5-6-33)11-16(20)19-7-14-9-29-17(22(28)34)8-18(14)32(19)21-4-3-15(10-30-21)24(25,26)27/h3-4,7-10,16,20,33,35H,5-6,11-13H2,1-2H3,(H2,28,34)/t16-,20+/m1/s1. The number of carbonyl (C=O) groups excluding carboxylic acids is 1. The average molecular weight is 508 g/mol. The van der Waals surface area contributed by atoms with Crippen molar-refractivity contribution in [2.75, 3.05) is 32.8 Å². The third kappa shape index (κ3) is 5.51. The molecule has 4 heterocycles. The lowest BCUT2D eigenvalue weighted by Crippen LogP contribution is -2.33. The van der Waals surface area contributed by atoms with E-state index in [-0.39, 0.29) is 36.7 Å². The number of ether oxygens (including phenoxy) is 1. The van der Waals surface area contributed by atoms with Crippen molar-refractivity contribution in [3.63, 3.8) is 0 Å². The molecule has 0 radical (unpaired) electrons. The zero-order valence-electron chi connectivity index (χ0n) is 19.9. The van der Waals surface area contributed by atoms with E-state index in [4.69, 9.17) is 10.5 Å². The van der Waals surface area contributed by atoms with Gasteiger partial charge >= 0.3 is 6.18 Å². The summed E-state index contributed by atoms with van der Waals surface area (Å²) >= 11 is 0. The van der Waals surface area contributed by atoms with Gasteiger partial charge in [0.2, 0.25) is 0 Å². The van der Waals surface area contributed by atoms with Crippen LogP contribution >= 0.6 is 0 Å². The van der Waals surface area contributed by atoms with Crippen molar-refractivity contribution in [2.45, 2.75) is 37.6 Å². The van der Waals surface area contributed by atoms with Crippen molar-refractivity contribution in [3.05, 3.63) is 53.6 Å². The lowest BCUT2D eigenvalue weighted by molar-refractivity contribution is -0.137. The Hall–Kier alpha value is -3.06. The Bertz CT molecular complexity index is 1240. The summed E-state index contributed by atoms with van der Waals surface area (Å²) in [5.41, 5.74) is 4.65. The predicted octanol–water partition coefficient (Wildman–Crippen LogP) is 2.09. The first-order valence-corrected chi connectivity index (χ1v) is 11.4. The number of amides is 1. The monoisotopic (exact) mass is 507 g/mol. The van der Waals surface area contributed by atoms with Gasteiger partial charge in [0.05, 0.1) is 36.0 Å². The van der Waals surface area contributed by atoms with E-state index >= 15 is 0 Å². The maximum Gasteiger partial charge on any atom is 0.417 e. The number of alkyl halides is 3. The molecule has 9 nitrogen and oxygen atoms in total. The summed E-state index contributed by atoms with van der Waals surface area (Å²) in [6, 6.07) is 5.53. The summed E-state index contributed by atoms with van der Waals surface area (Å²) in [4.78, 5) is 22.0. The third-order valence-corrected chi connectivity index (χ3v) is 6.06. The van der Waals surface area contributed by atoms with Crippen LogP contribution in [0, 0.1) is 0 Å². The second-order valence-corrected chi connectivity index (χ2v) is 9.55. The zero-order valence-corrected chi connectivity index (χ0v) is 19.9. The number of hydrogen-bond acceptors (Lipinski definition) is 7. The molecule has 3 aromatic heterocycles. The van der Waals surface area contributed by atoms with Crippen molar-refractivity contribution in [3.8, 4) is 5.82 Å². The number of nitrogens with zero attached hydrogens (tertiary/aromatic N) is 4. The molecule has 4 rings (SSSR count). The number of primary amides is 1. The number of aliphatic hydroxyl groups excluding tert-OH is 1. The number of carbonyl (C=O) groups is 1. The third-order valence-electron chi connectivity index (χ3n) is 6.06. The van der Waals surface area contributed by atoms with Gasteiger partial charge in [-0.15, -0.1) is 0 Å². The van der Waals surface area contributed by atoms with Crippen molar-refractivity contribution >= 4 is 16.8 Å². The van der Waals surface area contributed by atoms with Gasteiger partial charge < -0.3 is 20.7 Å². The first-order chi connectivity index (χ1) is 16.9. The summed E-state index contributed by atoms with van der Waals surface area (Å²) in [6.45, 7) is 4.64. The van der Waals surface area contributed by atoms with Gasteiger partial charge in [-0.05, 0) is 38.1 Å². The Balaban J connectivity index is 1.85. The van der Waals surface area contributed by atoms with Gasteiger partial charge in [0.1, 0.15) is 11.5 Å². The van der Waals surface area contributed by atoms with E-state index in [2.05, 4.69) is 9.97 Å². The smallest absolute Gasteiger partial charge is 0.395 e. The van der Waals surface area contributed by atoms with E-state index in [0.717, 1.165) is 12.3 Å². The van der Waals surface area contributed by atoms with E-state index in [1.165, 1.54) is 18.3 Å². The summed E-state index contributed by atoms with van der Waals surface area (Å²) in [7, 11) is 0. The summed E-state index contributed by atoms with van der Waals surface area (Å²) < 4.78 is 47.2. The van der Waals surface area contributed by atoms with Gasteiger partial charge in [0.15, 0.2) is 0 Å². The number of halogens is 3. The van der Waals surface area contributed by atoms with Crippen molar-refractivity contribution in [1.29, 1.82) is 0 Å². The molecule has 12 heteroatoms. The maximum atomic E-state index is 13.2. The second kappa shape index (κ2) is 9.77. The molecule has 0 unspecified atom stereocenters. The normalized spacial score (nSPS) is 19.3. The number of rotatable bonds is 8. The highest BCUT2D eigenvalue weighted by molar-refractivity contribution is 5.95. The van der Waals surface area contributed by atoms with Gasteiger partial charge in [-0.1, -0.05) is 0 Å². The van der Waals surface area contributed by atoms with Gasteiger partial charge in [-0.3, -0.25) is 19.2 Å². The van der Waals surface area contributed by atoms with Crippen LogP contribution in [0.3, 0.4) is 0 Å². The number of fused-ring (bicyclic) bond motifs is 1. The van der Waals surface area contributed by atoms with Crippen molar-refractivity contribution < 1.29 is 32.9 Å². The Labute approximate surface area is 205 Å². The van der Waals surface area contributed by atoms with Crippen LogP contribution in [0.4, 0.5) is 13.2 Å². The van der Waals surface area contributed by atoms with Gasteiger partial charge in [0, 0.05) is 49.0 Å². The second-order valence-electron chi connectivity index (χ2n) is 9.55. The topological polar surface area (TPSA) is 127 Å². The number of aromatic nitrogens is 3.